The van der Waals surface area contributed by atoms with Crippen molar-refractivity contribution in [2.24, 2.45) is 0 Å². The lowest BCUT2D eigenvalue weighted by molar-refractivity contribution is -0.384. The van der Waals surface area contributed by atoms with E-state index in [0.717, 1.165) is 5.56 Å². The fourth-order valence-electron chi connectivity index (χ4n) is 2.44. The van der Waals surface area contributed by atoms with E-state index in [-0.39, 0.29) is 11.3 Å². The summed E-state index contributed by atoms with van der Waals surface area (Å²) in [4.78, 5) is 27.3. The Bertz CT molecular complexity index is 980. The highest BCUT2D eigenvalue weighted by atomic mass is 35.5. The number of nitro groups is 1. The number of halogens is 1. The number of carbonyl (C=O) groups is 1. The molecule has 0 saturated heterocycles. The van der Waals surface area contributed by atoms with Crippen molar-refractivity contribution < 1.29 is 9.72 Å². The fraction of sp³-hybridized carbons (Fsp3) is 0.0526. The lowest BCUT2D eigenvalue weighted by Gasteiger charge is -2.09. The zero-order valence-corrected chi connectivity index (χ0v) is 14.8. The molecule has 0 bridgehead atoms. The van der Waals surface area contributed by atoms with Crippen molar-refractivity contribution in [2.45, 2.75) is 6.54 Å². The van der Waals surface area contributed by atoms with Gasteiger partial charge in [0, 0.05) is 41.3 Å². The van der Waals surface area contributed by atoms with Gasteiger partial charge in [-0.2, -0.15) is 0 Å². The molecule has 0 atom stereocenters. The number of rotatable bonds is 6. The van der Waals surface area contributed by atoms with Crippen LogP contribution in [0, 0.1) is 10.1 Å². The Morgan fingerprint density at radius 1 is 1.15 bits per heavy atom. The molecule has 3 aromatic rings. The minimum atomic E-state index is -0.526. The summed E-state index contributed by atoms with van der Waals surface area (Å²) >= 11 is 5.89. The number of hydrogen-bond donors (Lipinski definition) is 2. The third-order valence-corrected chi connectivity index (χ3v) is 3.98. The molecule has 0 fully saturated rings. The molecule has 8 heteroatoms. The number of nitrogens with zero attached hydrogens (tertiary/aromatic N) is 2. The number of anilines is 2. The topological polar surface area (TPSA) is 97.2 Å². The number of aromatic nitrogens is 1. The Morgan fingerprint density at radius 2 is 2.00 bits per heavy atom. The fourth-order valence-corrected chi connectivity index (χ4v) is 2.63. The van der Waals surface area contributed by atoms with Crippen LogP contribution in [-0.4, -0.2) is 15.8 Å². The number of pyridine rings is 1. The zero-order valence-electron chi connectivity index (χ0n) is 14.1. The van der Waals surface area contributed by atoms with Gasteiger partial charge in [0.15, 0.2) is 0 Å². The van der Waals surface area contributed by atoms with E-state index in [2.05, 4.69) is 15.6 Å². The first kappa shape index (κ1) is 18.3. The summed E-state index contributed by atoms with van der Waals surface area (Å²) in [6.45, 7) is 0.378. The molecule has 27 heavy (non-hydrogen) atoms. The highest BCUT2D eigenvalue weighted by molar-refractivity contribution is 6.31. The van der Waals surface area contributed by atoms with Crippen molar-refractivity contribution in [3.63, 3.8) is 0 Å². The van der Waals surface area contributed by atoms with Crippen molar-refractivity contribution in [1.29, 1.82) is 0 Å². The third kappa shape index (κ3) is 4.80. The molecule has 3 rings (SSSR count). The summed E-state index contributed by atoms with van der Waals surface area (Å²) in [7, 11) is 0. The minimum Gasteiger partial charge on any atom is -0.375 e. The van der Waals surface area contributed by atoms with Gasteiger partial charge in [0.1, 0.15) is 5.69 Å². The number of benzene rings is 2. The average molecular weight is 383 g/mol. The molecule has 2 N–H and O–H groups in total. The van der Waals surface area contributed by atoms with Crippen molar-refractivity contribution in [2.75, 3.05) is 10.6 Å². The second kappa shape index (κ2) is 8.29. The molecular weight excluding hydrogens is 368 g/mol. The molecule has 0 radical (unpaired) electrons. The van der Waals surface area contributed by atoms with Gasteiger partial charge in [-0.05, 0) is 42.0 Å². The third-order valence-electron chi connectivity index (χ3n) is 3.74. The maximum Gasteiger partial charge on any atom is 0.293 e. The van der Waals surface area contributed by atoms with E-state index in [1.54, 1.807) is 42.7 Å². The summed E-state index contributed by atoms with van der Waals surface area (Å²) in [5, 5.41) is 17.6. The number of nitro benzene ring substituents is 1. The maximum atomic E-state index is 12.4. The number of carbonyl (C=O) groups excluding carboxylic acids is 1. The SMILES string of the molecule is O=C(Nc1cccc(Cl)c1)c1ccc(NCc2cccnc2)c([N+](=O)[O-])c1. The van der Waals surface area contributed by atoms with Crippen LogP contribution in [0.15, 0.2) is 67.0 Å². The lowest BCUT2D eigenvalue weighted by atomic mass is 10.1. The monoisotopic (exact) mass is 382 g/mol. The highest BCUT2D eigenvalue weighted by Crippen LogP contribution is 2.27. The van der Waals surface area contributed by atoms with Gasteiger partial charge in [0.25, 0.3) is 11.6 Å². The van der Waals surface area contributed by atoms with Crippen molar-refractivity contribution >= 4 is 34.6 Å². The molecule has 0 unspecified atom stereocenters. The van der Waals surface area contributed by atoms with Crippen LogP contribution in [0.2, 0.25) is 5.02 Å². The Hall–Kier alpha value is -3.45. The second-order valence-electron chi connectivity index (χ2n) is 5.67. The molecule has 1 amide bonds. The molecule has 1 aromatic heterocycles. The maximum absolute atomic E-state index is 12.4. The van der Waals surface area contributed by atoms with E-state index in [0.29, 0.717) is 22.9 Å². The van der Waals surface area contributed by atoms with Crippen LogP contribution in [-0.2, 0) is 6.54 Å². The quantitative estimate of drug-likeness (QED) is 0.483. The van der Waals surface area contributed by atoms with Crippen LogP contribution >= 0.6 is 11.6 Å². The molecular formula is C19H15ClN4O3. The summed E-state index contributed by atoms with van der Waals surface area (Å²) in [6, 6.07) is 14.6. The largest absolute Gasteiger partial charge is 0.375 e. The summed E-state index contributed by atoms with van der Waals surface area (Å²) in [5.74, 6) is -0.459. The summed E-state index contributed by atoms with van der Waals surface area (Å²) < 4.78 is 0. The first-order valence-corrected chi connectivity index (χ1v) is 8.39. The minimum absolute atomic E-state index is 0.175. The summed E-state index contributed by atoms with van der Waals surface area (Å²) in [6.07, 6.45) is 3.32. The van der Waals surface area contributed by atoms with Gasteiger partial charge in [-0.3, -0.25) is 19.9 Å². The molecule has 136 valence electrons. The van der Waals surface area contributed by atoms with E-state index >= 15 is 0 Å². The zero-order chi connectivity index (χ0) is 19.2. The van der Waals surface area contributed by atoms with E-state index in [4.69, 9.17) is 11.6 Å². The molecule has 2 aromatic carbocycles. The van der Waals surface area contributed by atoms with Gasteiger partial charge < -0.3 is 10.6 Å². The first-order valence-electron chi connectivity index (χ1n) is 8.01. The van der Waals surface area contributed by atoms with Crippen LogP contribution in [0.3, 0.4) is 0 Å². The highest BCUT2D eigenvalue weighted by Gasteiger charge is 2.17. The van der Waals surface area contributed by atoms with E-state index in [1.165, 1.54) is 18.2 Å². The van der Waals surface area contributed by atoms with Gasteiger partial charge >= 0.3 is 0 Å². The molecule has 0 aliphatic carbocycles. The molecule has 1 heterocycles. The normalized spacial score (nSPS) is 10.3. The lowest BCUT2D eigenvalue weighted by Crippen LogP contribution is -2.12. The van der Waals surface area contributed by atoms with E-state index < -0.39 is 10.8 Å². The Kier molecular flexibility index (Phi) is 5.63. The molecule has 0 spiro atoms. The number of hydrogen-bond acceptors (Lipinski definition) is 5. The standard InChI is InChI=1S/C19H15ClN4O3/c20-15-4-1-5-16(10-15)23-19(25)14-6-7-17(18(9-14)24(26)27)22-12-13-3-2-8-21-11-13/h1-11,22H,12H2,(H,23,25). The van der Waals surface area contributed by atoms with Crippen LogP contribution in [0.5, 0.6) is 0 Å². The van der Waals surface area contributed by atoms with Gasteiger partial charge in [-0.15, -0.1) is 0 Å². The van der Waals surface area contributed by atoms with Crippen LogP contribution in [0.4, 0.5) is 17.1 Å². The van der Waals surface area contributed by atoms with Crippen molar-refractivity contribution in [1.82, 2.24) is 4.98 Å². The van der Waals surface area contributed by atoms with Crippen LogP contribution in [0.1, 0.15) is 15.9 Å². The Morgan fingerprint density at radius 3 is 2.70 bits per heavy atom. The van der Waals surface area contributed by atoms with Gasteiger partial charge in [-0.1, -0.05) is 23.7 Å². The van der Waals surface area contributed by atoms with Gasteiger partial charge in [0.05, 0.1) is 4.92 Å². The number of amides is 1. The number of nitrogens with one attached hydrogen (secondary N) is 2. The van der Waals surface area contributed by atoms with Crippen molar-refractivity contribution in [3.8, 4) is 0 Å². The van der Waals surface area contributed by atoms with Gasteiger partial charge in [0.2, 0.25) is 0 Å². The first-order chi connectivity index (χ1) is 13.0. The van der Waals surface area contributed by atoms with Crippen LogP contribution in [0.25, 0.3) is 0 Å². The summed E-state index contributed by atoms with van der Waals surface area (Å²) in [5.41, 5.74) is 1.71. The van der Waals surface area contributed by atoms with Gasteiger partial charge in [-0.25, -0.2) is 0 Å². The molecule has 0 saturated carbocycles. The predicted molar refractivity (Wildman–Crippen MR) is 104 cm³/mol. The van der Waals surface area contributed by atoms with E-state index in [9.17, 15) is 14.9 Å². The molecule has 0 aliphatic rings. The van der Waals surface area contributed by atoms with Crippen LogP contribution < -0.4 is 10.6 Å². The molecule has 7 nitrogen and oxygen atoms in total. The van der Waals surface area contributed by atoms with Crippen molar-refractivity contribution in [3.05, 3.63) is 93.3 Å². The Labute approximate surface area is 160 Å². The average Bonchev–Trinajstić information content (AvgIpc) is 2.67. The predicted octanol–water partition coefficient (Wildman–Crippen LogP) is 4.51. The molecule has 0 aliphatic heterocycles. The van der Waals surface area contributed by atoms with E-state index in [1.807, 2.05) is 6.07 Å². The smallest absolute Gasteiger partial charge is 0.293 e. The second-order valence-corrected chi connectivity index (χ2v) is 6.10. The Balaban J connectivity index is 1.78.